The SMILES string of the molecule is C.C.CC(=S)CC[C@H]1CN(c2ccc(N3C=NN(C=O)CC3)c(F)c2)C(=O)O1.CC(=S)CC[C@H]1CN(c2ccc(N3C=NNCC3)c(F)c2)C(=O)O1.Cl. The molecule has 53 heavy (non-hydrogen) atoms. The van der Waals surface area contributed by atoms with E-state index in [-0.39, 0.29) is 39.5 Å². The predicted octanol–water partition coefficient (Wildman–Crippen LogP) is 6.91. The lowest BCUT2D eigenvalue weighted by molar-refractivity contribution is -0.118. The number of ether oxygens (including phenoxy) is 2. The number of benzene rings is 2. The maximum atomic E-state index is 14.6. The molecule has 290 valence electrons. The van der Waals surface area contributed by atoms with Crippen molar-refractivity contribution in [2.75, 3.05) is 58.9 Å². The molecule has 4 aliphatic rings. The Morgan fingerprint density at radius 2 is 1.32 bits per heavy atom. The minimum Gasteiger partial charge on any atom is -0.444 e. The predicted molar refractivity (Wildman–Crippen MR) is 216 cm³/mol. The lowest BCUT2D eigenvalue weighted by atomic mass is 10.1. The number of halogens is 3. The maximum absolute atomic E-state index is 14.6. The molecule has 0 saturated carbocycles. The largest absolute Gasteiger partial charge is 0.444 e. The van der Waals surface area contributed by atoms with Crippen LogP contribution in [0.1, 0.15) is 54.4 Å². The highest BCUT2D eigenvalue weighted by molar-refractivity contribution is 7.80. The van der Waals surface area contributed by atoms with E-state index in [0.717, 1.165) is 16.1 Å². The van der Waals surface area contributed by atoms with Crippen molar-refractivity contribution < 1.29 is 32.6 Å². The fraction of sp³-hybridized carbons (Fsp3) is 0.457. The first kappa shape index (κ1) is 44.7. The number of rotatable bonds is 11. The van der Waals surface area contributed by atoms with Crippen LogP contribution in [0.5, 0.6) is 0 Å². The molecule has 0 aliphatic carbocycles. The highest BCUT2D eigenvalue weighted by Gasteiger charge is 2.34. The summed E-state index contributed by atoms with van der Waals surface area (Å²) in [5.41, 5.74) is 4.53. The number of hydrogen-bond donors (Lipinski definition) is 1. The third-order valence-electron chi connectivity index (χ3n) is 8.27. The van der Waals surface area contributed by atoms with Crippen molar-refractivity contribution in [2.24, 2.45) is 10.2 Å². The van der Waals surface area contributed by atoms with E-state index >= 15 is 0 Å². The molecule has 2 saturated heterocycles. The first-order valence-electron chi connectivity index (χ1n) is 16.1. The molecule has 0 unspecified atom stereocenters. The lowest BCUT2D eigenvalue weighted by Crippen LogP contribution is -2.37. The van der Waals surface area contributed by atoms with Gasteiger partial charge in [0.25, 0.3) is 0 Å². The van der Waals surface area contributed by atoms with Crippen LogP contribution in [-0.2, 0) is 14.3 Å². The van der Waals surface area contributed by atoms with Crippen LogP contribution < -0.4 is 25.0 Å². The topological polar surface area (TPSA) is 123 Å². The average molecular weight is 797 g/mol. The zero-order valence-corrected chi connectivity index (χ0v) is 30.5. The van der Waals surface area contributed by atoms with Crippen LogP contribution in [0.4, 0.5) is 41.1 Å². The Hall–Kier alpha value is -4.48. The molecule has 0 spiro atoms. The Morgan fingerprint density at radius 3 is 1.70 bits per heavy atom. The Balaban J connectivity index is 0.000000348. The number of carbonyl (C=O) groups is 3. The van der Waals surface area contributed by atoms with Crippen LogP contribution >= 0.6 is 36.8 Å². The van der Waals surface area contributed by atoms with E-state index in [2.05, 4.69) is 15.6 Å². The molecule has 4 heterocycles. The van der Waals surface area contributed by atoms with E-state index in [1.54, 1.807) is 40.4 Å². The molecular formula is C35H47ClF2N8O5S2. The van der Waals surface area contributed by atoms with E-state index < -0.39 is 23.8 Å². The number of anilines is 4. The van der Waals surface area contributed by atoms with Gasteiger partial charge in [0.05, 0.1) is 48.9 Å². The second-order valence-electron chi connectivity index (χ2n) is 12.0. The van der Waals surface area contributed by atoms with E-state index in [1.807, 2.05) is 13.8 Å². The van der Waals surface area contributed by atoms with Crippen molar-refractivity contribution in [1.82, 2.24) is 10.4 Å². The third-order valence-corrected chi connectivity index (χ3v) is 8.68. The van der Waals surface area contributed by atoms with Gasteiger partial charge >= 0.3 is 12.2 Å². The van der Waals surface area contributed by atoms with E-state index in [9.17, 15) is 23.2 Å². The normalized spacial score (nSPS) is 18.8. The monoisotopic (exact) mass is 796 g/mol. The van der Waals surface area contributed by atoms with Gasteiger partial charge in [-0.15, -0.1) is 12.4 Å². The van der Waals surface area contributed by atoms with Crippen molar-refractivity contribution in [3.8, 4) is 0 Å². The number of thiocarbonyl (C=S) groups is 2. The first-order valence-corrected chi connectivity index (χ1v) is 16.9. The van der Waals surface area contributed by atoms with Gasteiger partial charge in [-0.25, -0.2) is 23.4 Å². The second kappa shape index (κ2) is 20.7. The summed E-state index contributed by atoms with van der Waals surface area (Å²) in [5, 5.41) is 9.07. The summed E-state index contributed by atoms with van der Waals surface area (Å²) in [6.45, 7) is 6.61. The summed E-state index contributed by atoms with van der Waals surface area (Å²) in [5.74, 6) is -0.869. The molecule has 0 bridgehead atoms. The van der Waals surface area contributed by atoms with Crippen LogP contribution in [0, 0.1) is 11.6 Å². The zero-order chi connectivity index (χ0) is 35.8. The number of nitrogens with one attached hydrogen (secondary N) is 1. The molecule has 18 heteroatoms. The minimum atomic E-state index is -0.481. The number of carbonyl (C=O) groups excluding carboxylic acids is 3. The maximum Gasteiger partial charge on any atom is 0.414 e. The molecule has 3 amide bonds. The van der Waals surface area contributed by atoms with Crippen LogP contribution in [-0.4, -0.2) is 97.5 Å². The van der Waals surface area contributed by atoms with Crippen LogP contribution in [0.3, 0.4) is 0 Å². The summed E-state index contributed by atoms with van der Waals surface area (Å²) in [6, 6.07) is 9.32. The molecule has 0 radical (unpaired) electrons. The fourth-order valence-electron chi connectivity index (χ4n) is 5.59. The fourth-order valence-corrected chi connectivity index (χ4v) is 5.83. The molecule has 13 nitrogen and oxygen atoms in total. The van der Waals surface area contributed by atoms with Crippen molar-refractivity contribution in [3.05, 3.63) is 48.0 Å². The molecule has 0 aromatic heterocycles. The molecule has 1 N–H and O–H groups in total. The van der Waals surface area contributed by atoms with Crippen molar-refractivity contribution >= 4 is 101 Å². The summed E-state index contributed by atoms with van der Waals surface area (Å²) >= 11 is 10.1. The Kier molecular flexibility index (Phi) is 17.4. The highest BCUT2D eigenvalue weighted by atomic mass is 35.5. The Morgan fingerprint density at radius 1 is 0.830 bits per heavy atom. The van der Waals surface area contributed by atoms with Gasteiger partial charge in [-0.2, -0.15) is 10.2 Å². The summed E-state index contributed by atoms with van der Waals surface area (Å²) < 4.78 is 39.7. The van der Waals surface area contributed by atoms with Gasteiger partial charge < -0.3 is 24.7 Å². The first-order chi connectivity index (χ1) is 24.0. The lowest BCUT2D eigenvalue weighted by Gasteiger charge is -2.27. The quantitative estimate of drug-likeness (QED) is 0.190. The van der Waals surface area contributed by atoms with Crippen molar-refractivity contribution in [2.45, 2.75) is 66.6 Å². The summed E-state index contributed by atoms with van der Waals surface area (Å²) in [6.07, 6.45) is 4.99. The van der Waals surface area contributed by atoms with Crippen molar-refractivity contribution in [1.29, 1.82) is 0 Å². The van der Waals surface area contributed by atoms with E-state index in [1.165, 1.54) is 33.3 Å². The minimum absolute atomic E-state index is 0. The van der Waals surface area contributed by atoms with Gasteiger partial charge in [0.1, 0.15) is 36.5 Å². The van der Waals surface area contributed by atoms with Gasteiger partial charge in [-0.3, -0.25) is 14.6 Å². The van der Waals surface area contributed by atoms with Gasteiger partial charge in [0, 0.05) is 13.1 Å². The molecule has 2 aromatic rings. The van der Waals surface area contributed by atoms with Gasteiger partial charge in [0.15, 0.2) is 0 Å². The molecule has 2 aromatic carbocycles. The van der Waals surface area contributed by atoms with Gasteiger partial charge in [0.2, 0.25) is 6.41 Å². The number of hydrazone groups is 2. The number of nitrogens with zero attached hydrogens (tertiary/aromatic N) is 7. The summed E-state index contributed by atoms with van der Waals surface area (Å²) in [7, 11) is 0. The Labute approximate surface area is 326 Å². The molecule has 2 fully saturated rings. The average Bonchev–Trinajstić information content (AvgIpc) is 3.68. The van der Waals surface area contributed by atoms with Crippen LogP contribution in [0.15, 0.2) is 46.6 Å². The smallest absolute Gasteiger partial charge is 0.414 e. The molecular weight excluding hydrogens is 750 g/mol. The number of amides is 3. The highest BCUT2D eigenvalue weighted by Crippen LogP contribution is 2.30. The van der Waals surface area contributed by atoms with Gasteiger partial charge in [-0.1, -0.05) is 39.3 Å². The molecule has 6 rings (SSSR count). The van der Waals surface area contributed by atoms with Gasteiger partial charge in [-0.05, 0) is 85.7 Å². The van der Waals surface area contributed by atoms with Crippen LogP contribution in [0.2, 0.25) is 0 Å². The van der Waals surface area contributed by atoms with E-state index in [0.29, 0.717) is 87.7 Å². The third kappa shape index (κ3) is 11.8. The van der Waals surface area contributed by atoms with Crippen LogP contribution in [0.25, 0.3) is 0 Å². The summed E-state index contributed by atoms with van der Waals surface area (Å²) in [4.78, 5) is 42.8. The molecule has 4 aliphatic heterocycles. The van der Waals surface area contributed by atoms with Crippen molar-refractivity contribution in [3.63, 3.8) is 0 Å². The number of cyclic esters (lactones) is 2. The van der Waals surface area contributed by atoms with E-state index in [4.69, 9.17) is 33.9 Å². The Bertz CT molecular complexity index is 1690. The zero-order valence-electron chi connectivity index (χ0n) is 28.1. The molecule has 2 atom stereocenters. The standard InChI is InChI=1S/C17H19FN4O3S.C16H19FN4O2S.2CH4.ClH/c1-12(26)2-4-14-9-22(17(24)25-14)13-3-5-16(15(18)8-13)20-6-7-21(11-23)19-10-20;1-11(24)2-4-13-9-21(16(22)23-13)12-3-5-15(14(17)8-12)20-7-6-18-19-10-20;;;/h3,5,8,10-11,14H,2,4,6-7,9H2,1H3;3,5,8,10,13,18H,2,4,6-7,9H2,1H3;2*1H4;1H/t14-;13-;;;/m00.../s1. The second-order valence-corrected chi connectivity index (χ2v) is 13.4. The number of hydrogen-bond acceptors (Lipinski definition) is 12.